The Morgan fingerprint density at radius 2 is 1.48 bits per heavy atom. The van der Waals surface area contributed by atoms with Gasteiger partial charge in [-0.05, 0) is 43.3 Å². The lowest BCUT2D eigenvalue weighted by Crippen LogP contribution is -2.38. The van der Waals surface area contributed by atoms with Crippen molar-refractivity contribution >= 4 is 27.3 Å². The van der Waals surface area contributed by atoms with E-state index in [4.69, 9.17) is 14.2 Å². The van der Waals surface area contributed by atoms with Crippen molar-refractivity contribution in [3.63, 3.8) is 0 Å². The standard InChI is InChI=1S/C24H26N2O6S/c1-17-9-12-19(13-10-17)33(28,29)26(20-7-5-6-8-21(20)30-2)16-24(27)25-18-11-14-22(31-3)23(15-18)32-4/h5-15H,16H2,1-4H3,(H,25,27). The summed E-state index contributed by atoms with van der Waals surface area (Å²) in [4.78, 5) is 13.0. The van der Waals surface area contributed by atoms with Crippen molar-refractivity contribution in [1.82, 2.24) is 0 Å². The fourth-order valence-corrected chi connectivity index (χ4v) is 4.65. The Morgan fingerprint density at radius 3 is 2.12 bits per heavy atom. The van der Waals surface area contributed by atoms with Crippen molar-refractivity contribution in [3.8, 4) is 17.2 Å². The van der Waals surface area contributed by atoms with Crippen LogP contribution in [0.15, 0.2) is 71.6 Å². The molecule has 3 rings (SSSR count). The lowest BCUT2D eigenvalue weighted by atomic mass is 10.2. The first-order valence-corrected chi connectivity index (χ1v) is 11.5. The van der Waals surface area contributed by atoms with Gasteiger partial charge in [0.15, 0.2) is 11.5 Å². The largest absolute Gasteiger partial charge is 0.495 e. The quantitative estimate of drug-likeness (QED) is 0.511. The van der Waals surface area contributed by atoms with Gasteiger partial charge in [0.05, 0.1) is 31.9 Å². The third kappa shape index (κ3) is 5.38. The third-order valence-electron chi connectivity index (χ3n) is 4.92. The van der Waals surface area contributed by atoms with Gasteiger partial charge < -0.3 is 19.5 Å². The second-order valence-corrected chi connectivity index (χ2v) is 8.98. The number of methoxy groups -OCH3 is 3. The summed E-state index contributed by atoms with van der Waals surface area (Å²) in [7, 11) is 0.375. The average molecular weight is 471 g/mol. The molecule has 0 radical (unpaired) electrons. The van der Waals surface area contributed by atoms with Crippen LogP contribution >= 0.6 is 0 Å². The van der Waals surface area contributed by atoms with E-state index < -0.39 is 22.5 Å². The zero-order chi connectivity index (χ0) is 24.0. The Hall–Kier alpha value is -3.72. The molecule has 9 heteroatoms. The van der Waals surface area contributed by atoms with Gasteiger partial charge in [-0.2, -0.15) is 0 Å². The number of anilines is 2. The van der Waals surface area contributed by atoms with Gasteiger partial charge in [0, 0.05) is 11.8 Å². The first-order valence-electron chi connectivity index (χ1n) is 10.0. The maximum absolute atomic E-state index is 13.5. The molecule has 0 aliphatic rings. The maximum atomic E-state index is 13.5. The first-order chi connectivity index (χ1) is 15.8. The van der Waals surface area contributed by atoms with Crippen molar-refractivity contribution in [2.45, 2.75) is 11.8 Å². The predicted molar refractivity (Wildman–Crippen MR) is 127 cm³/mol. The number of nitrogens with zero attached hydrogens (tertiary/aromatic N) is 1. The lowest BCUT2D eigenvalue weighted by Gasteiger charge is -2.25. The van der Waals surface area contributed by atoms with E-state index in [0.717, 1.165) is 9.87 Å². The highest BCUT2D eigenvalue weighted by Gasteiger charge is 2.29. The van der Waals surface area contributed by atoms with Crippen molar-refractivity contribution in [2.24, 2.45) is 0 Å². The smallest absolute Gasteiger partial charge is 0.264 e. The van der Waals surface area contributed by atoms with E-state index in [1.54, 1.807) is 54.6 Å². The number of sulfonamides is 1. The van der Waals surface area contributed by atoms with Crippen LogP contribution in [0.4, 0.5) is 11.4 Å². The number of amides is 1. The molecule has 8 nitrogen and oxygen atoms in total. The van der Waals surface area contributed by atoms with E-state index in [9.17, 15) is 13.2 Å². The zero-order valence-corrected chi connectivity index (χ0v) is 19.7. The van der Waals surface area contributed by atoms with Crippen LogP contribution in [-0.2, 0) is 14.8 Å². The molecule has 0 heterocycles. The van der Waals surface area contributed by atoms with Crippen molar-refractivity contribution < 1.29 is 27.4 Å². The molecular formula is C24H26N2O6S. The molecule has 3 aromatic rings. The molecule has 0 aliphatic carbocycles. The fraction of sp³-hybridized carbons (Fsp3) is 0.208. The number of ether oxygens (including phenoxy) is 3. The summed E-state index contributed by atoms with van der Waals surface area (Å²) < 4.78 is 43.9. The van der Waals surface area contributed by atoms with Crippen LogP contribution in [0.5, 0.6) is 17.2 Å². The van der Waals surface area contributed by atoms with Gasteiger partial charge in [-0.15, -0.1) is 0 Å². The summed E-state index contributed by atoms with van der Waals surface area (Å²) in [6.07, 6.45) is 0. The van der Waals surface area contributed by atoms with E-state index in [1.807, 2.05) is 6.92 Å². The van der Waals surface area contributed by atoms with Crippen molar-refractivity contribution in [2.75, 3.05) is 37.5 Å². The number of nitrogens with one attached hydrogen (secondary N) is 1. The van der Waals surface area contributed by atoms with E-state index in [-0.39, 0.29) is 10.6 Å². The molecule has 3 aromatic carbocycles. The molecule has 33 heavy (non-hydrogen) atoms. The van der Waals surface area contributed by atoms with Crippen LogP contribution < -0.4 is 23.8 Å². The minimum Gasteiger partial charge on any atom is -0.495 e. The van der Waals surface area contributed by atoms with E-state index in [1.165, 1.54) is 33.5 Å². The molecule has 0 atom stereocenters. The lowest BCUT2D eigenvalue weighted by molar-refractivity contribution is -0.114. The second-order valence-electron chi connectivity index (χ2n) is 7.11. The number of aryl methyl sites for hydroxylation is 1. The van der Waals surface area contributed by atoms with Gasteiger partial charge >= 0.3 is 0 Å². The number of para-hydroxylation sites is 2. The predicted octanol–water partition coefficient (Wildman–Crippen LogP) is 3.85. The topological polar surface area (TPSA) is 94.2 Å². The van der Waals surface area contributed by atoms with Crippen LogP contribution in [0.1, 0.15) is 5.56 Å². The van der Waals surface area contributed by atoms with Crippen LogP contribution in [-0.4, -0.2) is 42.2 Å². The Bertz CT molecular complexity index is 1230. The molecule has 0 aromatic heterocycles. The van der Waals surface area contributed by atoms with E-state index in [0.29, 0.717) is 22.9 Å². The number of carbonyl (C=O) groups is 1. The highest BCUT2D eigenvalue weighted by atomic mass is 32.2. The number of carbonyl (C=O) groups excluding carboxylic acids is 1. The van der Waals surface area contributed by atoms with Crippen LogP contribution in [0.3, 0.4) is 0 Å². The fourth-order valence-electron chi connectivity index (χ4n) is 3.22. The summed E-state index contributed by atoms with van der Waals surface area (Å²) in [6, 6.07) is 18.0. The normalized spacial score (nSPS) is 10.9. The van der Waals surface area contributed by atoms with Crippen LogP contribution in [0, 0.1) is 6.92 Å². The molecule has 1 N–H and O–H groups in total. The second kappa shape index (κ2) is 10.3. The maximum Gasteiger partial charge on any atom is 0.264 e. The molecule has 0 aliphatic heterocycles. The Morgan fingerprint density at radius 1 is 0.848 bits per heavy atom. The average Bonchev–Trinajstić information content (AvgIpc) is 2.82. The van der Waals surface area contributed by atoms with Crippen molar-refractivity contribution in [3.05, 3.63) is 72.3 Å². The third-order valence-corrected chi connectivity index (χ3v) is 6.69. The number of hydrogen-bond donors (Lipinski definition) is 1. The molecule has 0 fully saturated rings. The molecule has 0 bridgehead atoms. The Balaban J connectivity index is 1.96. The van der Waals surface area contributed by atoms with Crippen LogP contribution in [0.2, 0.25) is 0 Å². The summed E-state index contributed by atoms with van der Waals surface area (Å²) in [5.41, 5.74) is 1.61. The SMILES string of the molecule is COc1ccc(NC(=O)CN(c2ccccc2OC)S(=O)(=O)c2ccc(C)cc2)cc1OC. The van der Waals surface area contributed by atoms with Crippen molar-refractivity contribution in [1.29, 1.82) is 0 Å². The molecule has 0 spiro atoms. The minimum atomic E-state index is -4.07. The summed E-state index contributed by atoms with van der Waals surface area (Å²) in [6.45, 7) is 1.40. The monoisotopic (exact) mass is 470 g/mol. The number of rotatable bonds is 9. The van der Waals surface area contributed by atoms with Gasteiger partial charge in [-0.1, -0.05) is 29.8 Å². The molecule has 0 saturated carbocycles. The summed E-state index contributed by atoms with van der Waals surface area (Å²) in [5.74, 6) is 0.730. The molecule has 174 valence electrons. The van der Waals surface area contributed by atoms with E-state index >= 15 is 0 Å². The minimum absolute atomic E-state index is 0.0675. The zero-order valence-electron chi connectivity index (χ0n) is 18.9. The molecular weight excluding hydrogens is 444 g/mol. The van der Waals surface area contributed by atoms with Crippen LogP contribution in [0.25, 0.3) is 0 Å². The number of benzene rings is 3. The summed E-state index contributed by atoms with van der Waals surface area (Å²) in [5, 5.41) is 2.72. The molecule has 0 saturated heterocycles. The van der Waals surface area contributed by atoms with Gasteiger partial charge in [0.1, 0.15) is 12.3 Å². The first kappa shape index (κ1) is 23.9. The highest BCUT2D eigenvalue weighted by molar-refractivity contribution is 7.92. The van der Waals surface area contributed by atoms with Gasteiger partial charge in [-0.25, -0.2) is 8.42 Å². The Labute approximate surface area is 193 Å². The van der Waals surface area contributed by atoms with Gasteiger partial charge in [0.25, 0.3) is 10.0 Å². The highest BCUT2D eigenvalue weighted by Crippen LogP contribution is 2.33. The van der Waals surface area contributed by atoms with Gasteiger partial charge in [0.2, 0.25) is 5.91 Å². The van der Waals surface area contributed by atoms with Gasteiger partial charge in [-0.3, -0.25) is 9.10 Å². The summed E-state index contributed by atoms with van der Waals surface area (Å²) >= 11 is 0. The Kier molecular flexibility index (Phi) is 7.44. The molecule has 0 unspecified atom stereocenters. The number of hydrogen-bond acceptors (Lipinski definition) is 6. The molecule has 1 amide bonds. The van der Waals surface area contributed by atoms with E-state index in [2.05, 4.69) is 5.32 Å².